The molecule has 1 heterocycles. The smallest absolute Gasteiger partial charge is 0.270 e. The summed E-state index contributed by atoms with van der Waals surface area (Å²) >= 11 is 3.52. The van der Waals surface area contributed by atoms with Gasteiger partial charge in [0.2, 0.25) is 0 Å². The Morgan fingerprint density at radius 3 is 2.75 bits per heavy atom. The number of hydrogen-bond acceptors (Lipinski definition) is 5. The average Bonchev–Trinajstić information content (AvgIpc) is 2.54. The highest BCUT2D eigenvalue weighted by atomic mass is 79.9. The maximum atomic E-state index is 12.2. The number of rotatable bonds is 7. The molecule has 1 aromatic heterocycles. The highest BCUT2D eigenvalue weighted by molar-refractivity contribution is 9.10. The number of nitrogens with one attached hydrogen (secondary N) is 2. The Bertz CT molecular complexity index is 705. The molecule has 7 heteroatoms. The van der Waals surface area contributed by atoms with Gasteiger partial charge in [0, 0.05) is 17.1 Å². The van der Waals surface area contributed by atoms with Crippen molar-refractivity contribution in [1.29, 1.82) is 0 Å². The number of aryl methyl sites for hydroxylation is 1. The third kappa shape index (κ3) is 5.58. The van der Waals surface area contributed by atoms with E-state index in [4.69, 9.17) is 0 Å². The molecule has 2 N–H and O–H groups in total. The first-order valence-electron chi connectivity index (χ1n) is 7.74. The molecule has 0 bridgehead atoms. The monoisotopic (exact) mass is 391 g/mol. The van der Waals surface area contributed by atoms with Crippen molar-refractivity contribution in [3.05, 3.63) is 46.3 Å². The minimum atomic E-state index is -0.192. The van der Waals surface area contributed by atoms with Gasteiger partial charge >= 0.3 is 0 Å². The molecule has 0 fully saturated rings. The summed E-state index contributed by atoms with van der Waals surface area (Å²) in [6.07, 6.45) is 2.28. The number of carbonyl (C=O) groups is 1. The molecule has 1 aromatic carbocycles. The van der Waals surface area contributed by atoms with Crippen molar-refractivity contribution < 1.29 is 4.79 Å². The molecule has 0 saturated carbocycles. The fourth-order valence-electron chi connectivity index (χ4n) is 2.10. The summed E-state index contributed by atoms with van der Waals surface area (Å²) in [6.45, 7) is 3.57. The fraction of sp³-hybridized carbons (Fsp3) is 0.353. The molecule has 2 aromatic rings. The molecule has 0 unspecified atom stereocenters. The zero-order chi connectivity index (χ0) is 17.5. The number of halogens is 1. The van der Waals surface area contributed by atoms with Crippen molar-refractivity contribution in [2.75, 3.05) is 32.5 Å². The number of amides is 1. The summed E-state index contributed by atoms with van der Waals surface area (Å²) in [4.78, 5) is 22.5. The van der Waals surface area contributed by atoms with Crippen LogP contribution in [0.3, 0.4) is 0 Å². The van der Waals surface area contributed by atoms with Crippen LogP contribution in [0.25, 0.3) is 0 Å². The molecule has 6 nitrogen and oxygen atoms in total. The van der Waals surface area contributed by atoms with E-state index in [0.717, 1.165) is 28.7 Å². The number of nitrogens with zero attached hydrogens (tertiary/aromatic N) is 3. The molecular weight excluding hydrogens is 370 g/mol. The molecule has 1 amide bonds. The van der Waals surface area contributed by atoms with E-state index >= 15 is 0 Å². The van der Waals surface area contributed by atoms with Crippen LogP contribution in [0.15, 0.2) is 35.1 Å². The van der Waals surface area contributed by atoms with E-state index in [1.54, 1.807) is 6.07 Å². The SMILES string of the molecule is Cc1ccc(Nc2cc(C(=O)NCCCN(C)C)ncn2)c(Br)c1. The Labute approximate surface area is 150 Å². The zero-order valence-corrected chi connectivity index (χ0v) is 15.7. The molecule has 0 saturated heterocycles. The van der Waals surface area contributed by atoms with Gasteiger partial charge < -0.3 is 15.5 Å². The third-order valence-electron chi connectivity index (χ3n) is 3.35. The van der Waals surface area contributed by atoms with E-state index in [9.17, 15) is 4.79 Å². The first kappa shape index (κ1) is 18.4. The number of carbonyl (C=O) groups excluding carboxylic acids is 1. The molecule has 0 aliphatic heterocycles. The second kappa shape index (κ2) is 8.75. The Hall–Kier alpha value is -1.99. The Morgan fingerprint density at radius 2 is 2.04 bits per heavy atom. The molecule has 0 radical (unpaired) electrons. The van der Waals surface area contributed by atoms with Gasteiger partial charge in [0.1, 0.15) is 17.8 Å². The van der Waals surface area contributed by atoms with Gasteiger partial charge in [-0.05, 0) is 67.6 Å². The predicted molar refractivity (Wildman–Crippen MR) is 99.7 cm³/mol. The predicted octanol–water partition coefficient (Wildman–Crippen LogP) is 2.97. The van der Waals surface area contributed by atoms with Crippen LogP contribution in [0.1, 0.15) is 22.5 Å². The van der Waals surface area contributed by atoms with E-state index in [2.05, 4.69) is 41.4 Å². The molecule has 0 atom stereocenters. The van der Waals surface area contributed by atoms with Gasteiger partial charge in [-0.25, -0.2) is 9.97 Å². The lowest BCUT2D eigenvalue weighted by atomic mass is 10.2. The van der Waals surface area contributed by atoms with Gasteiger partial charge in [-0.2, -0.15) is 0 Å². The second-order valence-corrected chi connectivity index (χ2v) is 6.66. The maximum Gasteiger partial charge on any atom is 0.270 e. The molecule has 2 rings (SSSR count). The first-order valence-corrected chi connectivity index (χ1v) is 8.53. The van der Waals surface area contributed by atoms with E-state index < -0.39 is 0 Å². The third-order valence-corrected chi connectivity index (χ3v) is 4.01. The van der Waals surface area contributed by atoms with E-state index in [0.29, 0.717) is 18.1 Å². The number of aromatic nitrogens is 2. The Balaban J connectivity index is 1.99. The minimum Gasteiger partial charge on any atom is -0.351 e. The lowest BCUT2D eigenvalue weighted by Crippen LogP contribution is -2.27. The van der Waals surface area contributed by atoms with Crippen molar-refractivity contribution in [1.82, 2.24) is 20.2 Å². The normalized spacial score (nSPS) is 10.7. The van der Waals surface area contributed by atoms with Crippen LogP contribution in [0.5, 0.6) is 0 Å². The van der Waals surface area contributed by atoms with E-state index in [-0.39, 0.29) is 5.91 Å². The highest BCUT2D eigenvalue weighted by Crippen LogP contribution is 2.26. The zero-order valence-electron chi connectivity index (χ0n) is 14.1. The van der Waals surface area contributed by atoms with Crippen molar-refractivity contribution >= 4 is 33.3 Å². The molecular formula is C17H22BrN5O. The lowest BCUT2D eigenvalue weighted by molar-refractivity contribution is 0.0947. The molecule has 0 aliphatic rings. The largest absolute Gasteiger partial charge is 0.351 e. The van der Waals surface area contributed by atoms with Crippen molar-refractivity contribution in [3.63, 3.8) is 0 Å². The van der Waals surface area contributed by atoms with Crippen LogP contribution >= 0.6 is 15.9 Å². The van der Waals surface area contributed by atoms with Gasteiger partial charge in [-0.3, -0.25) is 4.79 Å². The molecule has 128 valence electrons. The van der Waals surface area contributed by atoms with Crippen LogP contribution in [-0.2, 0) is 0 Å². The van der Waals surface area contributed by atoms with E-state index in [1.165, 1.54) is 6.33 Å². The van der Waals surface area contributed by atoms with Gasteiger partial charge in [0.05, 0.1) is 5.69 Å². The highest BCUT2D eigenvalue weighted by Gasteiger charge is 2.09. The lowest BCUT2D eigenvalue weighted by Gasteiger charge is -2.11. The standard InChI is InChI=1S/C17H22BrN5O/c1-12-5-6-14(13(18)9-12)22-16-10-15(20-11-21-16)17(24)19-7-4-8-23(2)3/h5-6,9-11H,4,7-8H2,1-3H3,(H,19,24)(H,20,21,22). The average molecular weight is 392 g/mol. The topological polar surface area (TPSA) is 70.2 Å². The van der Waals surface area contributed by atoms with Crippen LogP contribution < -0.4 is 10.6 Å². The molecule has 24 heavy (non-hydrogen) atoms. The summed E-state index contributed by atoms with van der Waals surface area (Å²) in [5.41, 5.74) is 2.39. The van der Waals surface area contributed by atoms with Crippen molar-refractivity contribution in [3.8, 4) is 0 Å². The first-order chi connectivity index (χ1) is 11.5. The summed E-state index contributed by atoms with van der Waals surface area (Å²) < 4.78 is 0.941. The van der Waals surface area contributed by atoms with Gasteiger partial charge in [-0.1, -0.05) is 6.07 Å². The number of hydrogen-bond donors (Lipinski definition) is 2. The summed E-state index contributed by atoms with van der Waals surface area (Å²) in [5.74, 6) is 0.384. The van der Waals surface area contributed by atoms with Crippen LogP contribution in [0, 0.1) is 6.92 Å². The van der Waals surface area contributed by atoms with Crippen molar-refractivity contribution in [2.24, 2.45) is 0 Å². The maximum absolute atomic E-state index is 12.2. The summed E-state index contributed by atoms with van der Waals surface area (Å²) in [5, 5.41) is 6.06. The Kier molecular flexibility index (Phi) is 6.69. The minimum absolute atomic E-state index is 0.192. The fourth-order valence-corrected chi connectivity index (χ4v) is 2.69. The molecule has 0 spiro atoms. The van der Waals surface area contributed by atoms with Crippen LogP contribution in [0.2, 0.25) is 0 Å². The number of benzene rings is 1. The van der Waals surface area contributed by atoms with Crippen molar-refractivity contribution in [2.45, 2.75) is 13.3 Å². The number of anilines is 2. The van der Waals surface area contributed by atoms with E-state index in [1.807, 2.05) is 39.2 Å². The summed E-state index contributed by atoms with van der Waals surface area (Å²) in [6, 6.07) is 7.63. The molecule has 0 aliphatic carbocycles. The van der Waals surface area contributed by atoms with Crippen LogP contribution in [-0.4, -0.2) is 48.0 Å². The second-order valence-electron chi connectivity index (χ2n) is 5.81. The van der Waals surface area contributed by atoms with Gasteiger partial charge in [-0.15, -0.1) is 0 Å². The quantitative estimate of drug-likeness (QED) is 0.709. The van der Waals surface area contributed by atoms with Gasteiger partial charge in [0.25, 0.3) is 5.91 Å². The summed E-state index contributed by atoms with van der Waals surface area (Å²) in [7, 11) is 4.01. The van der Waals surface area contributed by atoms with Gasteiger partial charge in [0.15, 0.2) is 0 Å². The van der Waals surface area contributed by atoms with Crippen LogP contribution in [0.4, 0.5) is 11.5 Å². The Morgan fingerprint density at radius 1 is 1.25 bits per heavy atom.